The van der Waals surface area contributed by atoms with Gasteiger partial charge in [0.15, 0.2) is 18.1 Å². The van der Waals surface area contributed by atoms with E-state index in [0.717, 1.165) is 11.4 Å². The molecule has 0 aliphatic carbocycles. The van der Waals surface area contributed by atoms with E-state index >= 15 is 0 Å². The van der Waals surface area contributed by atoms with Gasteiger partial charge in [0.25, 0.3) is 11.6 Å². The predicted molar refractivity (Wildman–Crippen MR) is 125 cm³/mol. The second-order valence-electron chi connectivity index (χ2n) is 7.91. The van der Waals surface area contributed by atoms with Gasteiger partial charge in [0, 0.05) is 23.7 Å². The number of nitro groups is 1. The molecule has 11 heteroatoms. The van der Waals surface area contributed by atoms with Crippen molar-refractivity contribution < 1.29 is 28.7 Å². The largest absolute Gasteiger partial charge is 0.489 e. The molecule has 1 aliphatic rings. The third-order valence-electron chi connectivity index (χ3n) is 5.46. The number of esters is 1. The van der Waals surface area contributed by atoms with Crippen LogP contribution in [0.4, 0.5) is 11.4 Å². The van der Waals surface area contributed by atoms with Gasteiger partial charge in [-0.15, -0.1) is 0 Å². The normalized spacial score (nSPS) is 12.5. The number of aromatic nitrogens is 2. The smallest absolute Gasteiger partial charge is 0.310 e. The monoisotopic (exact) mass is 480 g/mol. The number of carbonyl (C=O) groups is 2. The Bertz CT molecular complexity index is 1270. The zero-order valence-corrected chi connectivity index (χ0v) is 19.3. The summed E-state index contributed by atoms with van der Waals surface area (Å²) in [5.41, 5.74) is 2.61. The summed E-state index contributed by atoms with van der Waals surface area (Å²) in [6, 6.07) is 12.0. The summed E-state index contributed by atoms with van der Waals surface area (Å²) < 4.78 is 17.9. The topological polar surface area (TPSA) is 135 Å². The lowest BCUT2D eigenvalue weighted by atomic mass is 10.1. The Morgan fingerprint density at radius 1 is 1.14 bits per heavy atom. The van der Waals surface area contributed by atoms with Gasteiger partial charge in [-0.05, 0) is 26.0 Å². The average molecular weight is 480 g/mol. The van der Waals surface area contributed by atoms with Crippen LogP contribution in [0.15, 0.2) is 42.5 Å². The number of nitro benzene ring substituents is 1. The van der Waals surface area contributed by atoms with E-state index in [1.807, 2.05) is 37.3 Å². The second-order valence-corrected chi connectivity index (χ2v) is 7.91. The first-order valence-corrected chi connectivity index (χ1v) is 11.0. The zero-order valence-electron chi connectivity index (χ0n) is 19.3. The molecule has 1 aliphatic heterocycles. The maximum atomic E-state index is 12.4. The number of amides is 1. The Kier molecular flexibility index (Phi) is 6.95. The quantitative estimate of drug-likeness (QED) is 0.309. The van der Waals surface area contributed by atoms with E-state index in [-0.39, 0.29) is 23.5 Å². The highest BCUT2D eigenvalue weighted by atomic mass is 16.6. The number of aryl methyl sites for hydroxylation is 1. The first kappa shape index (κ1) is 23.7. The van der Waals surface area contributed by atoms with Crippen LogP contribution >= 0.6 is 0 Å². The molecule has 182 valence electrons. The van der Waals surface area contributed by atoms with Gasteiger partial charge in [-0.25, -0.2) is 4.68 Å². The molecule has 0 radical (unpaired) electrons. The van der Waals surface area contributed by atoms with Gasteiger partial charge in [-0.2, -0.15) is 5.10 Å². The molecule has 4 rings (SSSR count). The van der Waals surface area contributed by atoms with Crippen LogP contribution in [-0.4, -0.2) is 46.4 Å². The highest BCUT2D eigenvalue weighted by molar-refractivity contribution is 5.95. The minimum absolute atomic E-state index is 0.0675. The van der Waals surface area contributed by atoms with Crippen molar-refractivity contribution in [2.45, 2.75) is 26.7 Å². The van der Waals surface area contributed by atoms with E-state index in [9.17, 15) is 19.7 Å². The molecule has 0 unspecified atom stereocenters. The number of nitrogens with zero attached hydrogens (tertiary/aromatic N) is 3. The summed E-state index contributed by atoms with van der Waals surface area (Å²) in [5, 5.41) is 18.4. The molecule has 1 N–H and O–H groups in total. The van der Waals surface area contributed by atoms with Crippen molar-refractivity contribution in [2.75, 3.05) is 25.1 Å². The highest BCUT2D eigenvalue weighted by Gasteiger charge is 2.24. The molecular formula is C24H24N4O7. The molecule has 3 aromatic rings. The molecule has 0 saturated heterocycles. The van der Waals surface area contributed by atoms with E-state index in [1.165, 1.54) is 12.1 Å². The Hall–Kier alpha value is -4.41. The number of hydrogen-bond acceptors (Lipinski definition) is 8. The standard InChI is InChI=1S/C24H24N4O7/c1-15-18(16(2)27(26-15)17-7-4-3-5-8-17)11-24(30)35-14-23(29)25-19-12-21-22(13-20(19)28(31)32)34-10-6-9-33-21/h3-5,7-8,12-13H,6,9-11,14H2,1-2H3,(H,25,29). The number of fused-ring (bicyclic) bond motifs is 1. The van der Waals surface area contributed by atoms with Crippen LogP contribution in [0.2, 0.25) is 0 Å². The van der Waals surface area contributed by atoms with Gasteiger partial charge < -0.3 is 19.5 Å². The third-order valence-corrected chi connectivity index (χ3v) is 5.46. The fourth-order valence-electron chi connectivity index (χ4n) is 3.73. The molecule has 35 heavy (non-hydrogen) atoms. The number of ether oxygens (including phenoxy) is 3. The third kappa shape index (κ3) is 5.40. The van der Waals surface area contributed by atoms with E-state index in [2.05, 4.69) is 10.4 Å². The van der Waals surface area contributed by atoms with Crippen molar-refractivity contribution in [1.29, 1.82) is 0 Å². The summed E-state index contributed by atoms with van der Waals surface area (Å²) in [7, 11) is 0. The van der Waals surface area contributed by atoms with Crippen molar-refractivity contribution in [2.24, 2.45) is 0 Å². The number of benzene rings is 2. The molecular weight excluding hydrogens is 456 g/mol. The van der Waals surface area contributed by atoms with Crippen LogP contribution < -0.4 is 14.8 Å². The van der Waals surface area contributed by atoms with Gasteiger partial charge in [0.2, 0.25) is 0 Å². The van der Waals surface area contributed by atoms with E-state index < -0.39 is 23.4 Å². The van der Waals surface area contributed by atoms with Crippen LogP contribution in [-0.2, 0) is 20.7 Å². The van der Waals surface area contributed by atoms with Gasteiger partial charge in [0.05, 0.1) is 42.0 Å². The minimum atomic E-state index is -0.718. The first-order valence-electron chi connectivity index (χ1n) is 11.0. The van der Waals surface area contributed by atoms with Crippen LogP contribution in [0.5, 0.6) is 11.5 Å². The van der Waals surface area contributed by atoms with Crippen molar-refractivity contribution >= 4 is 23.3 Å². The fourth-order valence-corrected chi connectivity index (χ4v) is 3.73. The molecule has 1 amide bonds. The first-order chi connectivity index (χ1) is 16.8. The molecule has 0 spiro atoms. The highest BCUT2D eigenvalue weighted by Crippen LogP contribution is 2.39. The molecule has 0 atom stereocenters. The summed E-state index contributed by atoms with van der Waals surface area (Å²) >= 11 is 0. The Labute approximate surface area is 200 Å². The number of hydrogen-bond donors (Lipinski definition) is 1. The Morgan fingerprint density at radius 2 is 1.83 bits per heavy atom. The lowest BCUT2D eigenvalue weighted by molar-refractivity contribution is -0.384. The van der Waals surface area contributed by atoms with Crippen LogP contribution in [0.1, 0.15) is 23.4 Å². The lowest BCUT2D eigenvalue weighted by Gasteiger charge is -2.11. The predicted octanol–water partition coefficient (Wildman–Crippen LogP) is 3.28. The van der Waals surface area contributed by atoms with Crippen LogP contribution in [0.25, 0.3) is 5.69 Å². The van der Waals surface area contributed by atoms with Crippen molar-refractivity contribution in [3.8, 4) is 17.2 Å². The van der Waals surface area contributed by atoms with Gasteiger partial charge in [-0.3, -0.25) is 19.7 Å². The van der Waals surface area contributed by atoms with Crippen molar-refractivity contribution in [3.63, 3.8) is 0 Å². The minimum Gasteiger partial charge on any atom is -0.489 e. The summed E-state index contributed by atoms with van der Waals surface area (Å²) in [6.07, 6.45) is 0.561. The van der Waals surface area contributed by atoms with Gasteiger partial charge in [-0.1, -0.05) is 18.2 Å². The number of para-hydroxylation sites is 1. The van der Waals surface area contributed by atoms with E-state index in [4.69, 9.17) is 14.2 Å². The van der Waals surface area contributed by atoms with Crippen LogP contribution in [0, 0.1) is 24.0 Å². The van der Waals surface area contributed by atoms with E-state index in [0.29, 0.717) is 36.6 Å². The number of rotatable bonds is 7. The Morgan fingerprint density at radius 3 is 2.51 bits per heavy atom. The second kappa shape index (κ2) is 10.2. The van der Waals surface area contributed by atoms with Crippen molar-refractivity contribution in [3.05, 3.63) is 69.5 Å². The maximum absolute atomic E-state index is 12.4. The van der Waals surface area contributed by atoms with E-state index in [1.54, 1.807) is 11.6 Å². The maximum Gasteiger partial charge on any atom is 0.310 e. The molecule has 0 fully saturated rings. The molecule has 1 aromatic heterocycles. The lowest BCUT2D eigenvalue weighted by Crippen LogP contribution is -2.22. The van der Waals surface area contributed by atoms with Crippen LogP contribution in [0.3, 0.4) is 0 Å². The SMILES string of the molecule is Cc1nn(-c2ccccc2)c(C)c1CC(=O)OCC(=O)Nc1cc2c(cc1[N+](=O)[O-])OCCCO2. The average Bonchev–Trinajstić information content (AvgIpc) is 2.99. The van der Waals surface area contributed by atoms with Crippen molar-refractivity contribution in [1.82, 2.24) is 9.78 Å². The summed E-state index contributed by atoms with van der Waals surface area (Å²) in [4.78, 5) is 35.7. The number of anilines is 1. The molecule has 0 bridgehead atoms. The summed E-state index contributed by atoms with van der Waals surface area (Å²) in [6.45, 7) is 3.80. The molecule has 2 heterocycles. The Balaban J connectivity index is 1.40. The molecule has 2 aromatic carbocycles. The molecule has 11 nitrogen and oxygen atoms in total. The summed E-state index contributed by atoms with van der Waals surface area (Å²) in [5.74, 6) is -0.807. The van der Waals surface area contributed by atoms with Gasteiger partial charge >= 0.3 is 5.97 Å². The van der Waals surface area contributed by atoms with Gasteiger partial charge in [0.1, 0.15) is 5.69 Å². The fraction of sp³-hybridized carbons (Fsp3) is 0.292. The number of nitrogens with one attached hydrogen (secondary N) is 1. The zero-order chi connectivity index (χ0) is 24.9. The molecule has 0 saturated carbocycles. The number of carbonyl (C=O) groups excluding carboxylic acids is 2.